The monoisotopic (exact) mass is 477 g/mol. The van der Waals surface area contributed by atoms with Crippen LogP contribution in [0.1, 0.15) is 45.6 Å². The molecule has 0 radical (unpaired) electrons. The minimum atomic E-state index is -0.225. The van der Waals surface area contributed by atoms with E-state index >= 15 is 0 Å². The van der Waals surface area contributed by atoms with Gasteiger partial charge in [-0.25, -0.2) is 4.39 Å². The van der Waals surface area contributed by atoms with E-state index in [-0.39, 0.29) is 53.7 Å². The van der Waals surface area contributed by atoms with Crippen LogP contribution in [-0.2, 0) is 14.9 Å². The lowest BCUT2D eigenvalue weighted by Crippen LogP contribution is -2.39. The van der Waals surface area contributed by atoms with Crippen molar-refractivity contribution in [2.45, 2.75) is 51.6 Å². The van der Waals surface area contributed by atoms with Crippen LogP contribution in [0.2, 0.25) is 0 Å². The maximum atomic E-state index is 13.5. The van der Waals surface area contributed by atoms with Gasteiger partial charge in [-0.1, -0.05) is 12.1 Å². The predicted octanol–water partition coefficient (Wildman–Crippen LogP) is 3.37. The Labute approximate surface area is 172 Å². The number of guanidine groups is 1. The zero-order chi connectivity index (χ0) is 18.3. The van der Waals surface area contributed by atoms with Crippen molar-refractivity contribution < 1.29 is 13.9 Å². The normalized spacial score (nSPS) is 15.2. The molecule has 0 aliphatic heterocycles. The third-order valence-electron chi connectivity index (χ3n) is 4.16. The Morgan fingerprint density at radius 2 is 2.08 bits per heavy atom. The number of carbonyl (C=O) groups is 1. The van der Waals surface area contributed by atoms with Gasteiger partial charge >= 0.3 is 5.97 Å². The van der Waals surface area contributed by atoms with Crippen molar-refractivity contribution in [2.75, 3.05) is 19.6 Å². The molecule has 5 nitrogen and oxygen atoms in total. The molecule has 146 valence electrons. The fourth-order valence-electron chi connectivity index (χ4n) is 2.68. The van der Waals surface area contributed by atoms with Crippen molar-refractivity contribution in [3.05, 3.63) is 35.6 Å². The third kappa shape index (κ3) is 7.09. The van der Waals surface area contributed by atoms with Gasteiger partial charge in [-0.15, -0.1) is 24.0 Å². The molecule has 2 N–H and O–H groups in total. The predicted molar refractivity (Wildman–Crippen MR) is 113 cm³/mol. The summed E-state index contributed by atoms with van der Waals surface area (Å²) in [5, 5.41) is 6.33. The SMILES string of the molecule is CCNC(=NCC1(c2cccc(F)c2)CC1)NCCC(=O)OC(C)C.I. The maximum absolute atomic E-state index is 13.5. The lowest BCUT2D eigenvalue weighted by atomic mass is 9.96. The minimum Gasteiger partial charge on any atom is -0.463 e. The van der Waals surface area contributed by atoms with E-state index in [1.165, 1.54) is 6.07 Å². The van der Waals surface area contributed by atoms with Crippen LogP contribution in [0.15, 0.2) is 29.3 Å². The van der Waals surface area contributed by atoms with Gasteiger partial charge in [-0.2, -0.15) is 0 Å². The molecule has 2 rings (SSSR count). The maximum Gasteiger partial charge on any atom is 0.307 e. The van der Waals surface area contributed by atoms with Gasteiger partial charge in [0.15, 0.2) is 5.96 Å². The van der Waals surface area contributed by atoms with Crippen LogP contribution in [0, 0.1) is 5.82 Å². The molecular weight excluding hydrogens is 448 g/mol. The Morgan fingerprint density at radius 1 is 1.35 bits per heavy atom. The number of hydrogen-bond acceptors (Lipinski definition) is 3. The number of aliphatic imine (C=N–C) groups is 1. The highest BCUT2D eigenvalue weighted by Crippen LogP contribution is 2.48. The molecule has 1 aromatic carbocycles. The summed E-state index contributed by atoms with van der Waals surface area (Å²) < 4.78 is 18.6. The van der Waals surface area contributed by atoms with Crippen molar-refractivity contribution >= 4 is 35.9 Å². The molecule has 0 atom stereocenters. The van der Waals surface area contributed by atoms with Crippen LogP contribution in [-0.4, -0.2) is 37.7 Å². The largest absolute Gasteiger partial charge is 0.463 e. The topological polar surface area (TPSA) is 62.7 Å². The van der Waals surface area contributed by atoms with E-state index in [1.54, 1.807) is 12.1 Å². The highest BCUT2D eigenvalue weighted by Gasteiger charge is 2.44. The molecule has 1 fully saturated rings. The number of ether oxygens (including phenoxy) is 1. The second kappa shape index (κ2) is 10.7. The van der Waals surface area contributed by atoms with Gasteiger partial charge in [0.05, 0.1) is 19.1 Å². The first-order valence-electron chi connectivity index (χ1n) is 8.93. The van der Waals surface area contributed by atoms with Gasteiger partial charge in [-0.3, -0.25) is 9.79 Å². The van der Waals surface area contributed by atoms with E-state index in [9.17, 15) is 9.18 Å². The summed E-state index contributed by atoms with van der Waals surface area (Å²) in [5.41, 5.74) is 0.953. The second-order valence-corrected chi connectivity index (χ2v) is 6.70. The van der Waals surface area contributed by atoms with Crippen molar-refractivity contribution in [3.63, 3.8) is 0 Å². The van der Waals surface area contributed by atoms with Crippen LogP contribution in [0.25, 0.3) is 0 Å². The molecule has 0 bridgehead atoms. The number of nitrogens with zero attached hydrogens (tertiary/aromatic N) is 1. The zero-order valence-corrected chi connectivity index (χ0v) is 18.0. The van der Waals surface area contributed by atoms with Gasteiger partial charge in [0, 0.05) is 18.5 Å². The molecule has 0 amide bonds. The second-order valence-electron chi connectivity index (χ2n) is 6.70. The number of benzene rings is 1. The fourth-order valence-corrected chi connectivity index (χ4v) is 2.68. The highest BCUT2D eigenvalue weighted by atomic mass is 127. The first kappa shape index (κ1) is 22.7. The van der Waals surface area contributed by atoms with Crippen LogP contribution in [0.3, 0.4) is 0 Å². The summed E-state index contributed by atoms with van der Waals surface area (Å²) in [5.74, 6) is 0.237. The summed E-state index contributed by atoms with van der Waals surface area (Å²) in [4.78, 5) is 16.2. The van der Waals surface area contributed by atoms with Crippen LogP contribution >= 0.6 is 24.0 Å². The Hall–Kier alpha value is -1.38. The van der Waals surface area contributed by atoms with Gasteiger partial charge in [0.1, 0.15) is 5.82 Å². The zero-order valence-electron chi connectivity index (χ0n) is 15.7. The summed E-state index contributed by atoms with van der Waals surface area (Å²) in [6, 6.07) is 6.78. The number of hydrogen-bond donors (Lipinski definition) is 2. The molecule has 1 aromatic rings. The number of nitrogens with one attached hydrogen (secondary N) is 2. The van der Waals surface area contributed by atoms with Crippen molar-refractivity contribution in [2.24, 2.45) is 4.99 Å². The number of halogens is 2. The number of carbonyl (C=O) groups excluding carboxylic acids is 1. The van der Waals surface area contributed by atoms with Gasteiger partial charge < -0.3 is 15.4 Å². The summed E-state index contributed by atoms with van der Waals surface area (Å²) in [6.07, 6.45) is 2.22. The Kier molecular flexibility index (Phi) is 9.32. The van der Waals surface area contributed by atoms with E-state index < -0.39 is 0 Å². The molecule has 26 heavy (non-hydrogen) atoms. The van der Waals surface area contributed by atoms with Crippen LogP contribution < -0.4 is 10.6 Å². The van der Waals surface area contributed by atoms with E-state index in [0.29, 0.717) is 19.0 Å². The van der Waals surface area contributed by atoms with E-state index in [2.05, 4.69) is 15.6 Å². The van der Waals surface area contributed by atoms with Gasteiger partial charge in [0.2, 0.25) is 0 Å². The first-order chi connectivity index (χ1) is 11.9. The molecule has 0 unspecified atom stereocenters. The quantitative estimate of drug-likeness (QED) is 0.261. The molecular formula is C19H29FIN3O2. The molecule has 1 saturated carbocycles. The fraction of sp³-hybridized carbons (Fsp3) is 0.579. The van der Waals surface area contributed by atoms with E-state index in [0.717, 1.165) is 24.9 Å². The molecule has 0 aromatic heterocycles. The molecule has 0 spiro atoms. The molecule has 0 heterocycles. The molecule has 1 aliphatic carbocycles. The molecule has 1 aliphatic rings. The number of rotatable bonds is 8. The van der Waals surface area contributed by atoms with Gasteiger partial charge in [-0.05, 0) is 51.3 Å². The average Bonchev–Trinajstić information content (AvgIpc) is 3.33. The summed E-state index contributed by atoms with van der Waals surface area (Å²) >= 11 is 0. The van der Waals surface area contributed by atoms with Crippen molar-refractivity contribution in [1.82, 2.24) is 10.6 Å². The Bertz CT molecular complexity index is 619. The van der Waals surface area contributed by atoms with Crippen molar-refractivity contribution in [1.29, 1.82) is 0 Å². The lowest BCUT2D eigenvalue weighted by Gasteiger charge is -2.16. The Morgan fingerprint density at radius 3 is 2.65 bits per heavy atom. The summed E-state index contributed by atoms with van der Waals surface area (Å²) in [6.45, 7) is 7.45. The first-order valence-corrected chi connectivity index (χ1v) is 8.93. The Balaban J connectivity index is 0.00000338. The van der Waals surface area contributed by atoms with E-state index in [4.69, 9.17) is 4.74 Å². The standard InChI is InChI=1S/C19H28FN3O2.HI/c1-4-21-18(22-11-8-17(24)25-14(2)3)23-13-19(9-10-19)15-6-5-7-16(20)12-15;/h5-7,12,14H,4,8-11,13H2,1-3H3,(H2,21,22,23);1H. The van der Waals surface area contributed by atoms with Crippen LogP contribution in [0.5, 0.6) is 0 Å². The molecule has 0 saturated heterocycles. The third-order valence-corrected chi connectivity index (χ3v) is 4.16. The summed E-state index contributed by atoms with van der Waals surface area (Å²) in [7, 11) is 0. The number of esters is 1. The smallest absolute Gasteiger partial charge is 0.307 e. The lowest BCUT2D eigenvalue weighted by molar-refractivity contribution is -0.147. The minimum absolute atomic E-state index is 0. The van der Waals surface area contributed by atoms with Crippen molar-refractivity contribution in [3.8, 4) is 0 Å². The van der Waals surface area contributed by atoms with Gasteiger partial charge in [0.25, 0.3) is 0 Å². The van der Waals surface area contributed by atoms with Crippen LogP contribution in [0.4, 0.5) is 4.39 Å². The van der Waals surface area contributed by atoms with E-state index in [1.807, 2.05) is 26.8 Å². The average molecular weight is 477 g/mol. The molecule has 7 heteroatoms. The highest BCUT2D eigenvalue weighted by molar-refractivity contribution is 14.0.